The lowest BCUT2D eigenvalue weighted by Crippen LogP contribution is -2.58. The van der Waals surface area contributed by atoms with Gasteiger partial charge in [-0.2, -0.15) is 0 Å². The van der Waals surface area contributed by atoms with Crippen LogP contribution in [0.25, 0.3) is 21.6 Å². The third kappa shape index (κ3) is 13.8. The number of benzene rings is 5. The van der Waals surface area contributed by atoms with Crippen molar-refractivity contribution in [1.29, 1.82) is 0 Å². The average molecular weight is 1230 g/mol. The second kappa shape index (κ2) is 26.4. The number of carbonyl (C=O) groups excluding carboxylic acids is 7. The Hall–Kier alpha value is -8.26. The van der Waals surface area contributed by atoms with Gasteiger partial charge in [0.25, 0.3) is 0 Å². The molecule has 0 unspecified atom stereocenters. The minimum absolute atomic E-state index is 0.00746. The molecule has 1 saturated heterocycles. The fourth-order valence-corrected chi connectivity index (χ4v) is 14.1. The number of aliphatic hydroxyl groups is 1. The van der Waals surface area contributed by atoms with Crippen LogP contribution >= 0.6 is 11.3 Å². The van der Waals surface area contributed by atoms with Crippen LogP contribution in [-0.4, -0.2) is 112 Å². The van der Waals surface area contributed by atoms with Crippen LogP contribution in [0.3, 0.4) is 0 Å². The van der Waals surface area contributed by atoms with Crippen molar-refractivity contribution in [3.05, 3.63) is 165 Å². The van der Waals surface area contributed by atoms with Gasteiger partial charge in [0.15, 0.2) is 0 Å². The number of hydrogen-bond acceptors (Lipinski definition) is 12. The fourth-order valence-electron chi connectivity index (χ4n) is 13.3. The summed E-state index contributed by atoms with van der Waals surface area (Å²) < 4.78 is 12.2. The largest absolute Gasteiger partial charge is 0.449 e. The first-order valence-corrected chi connectivity index (χ1v) is 32.1. The van der Waals surface area contributed by atoms with E-state index in [1.54, 1.807) is 11.3 Å². The molecule has 18 nitrogen and oxygen atoms in total. The summed E-state index contributed by atoms with van der Waals surface area (Å²) in [5.41, 5.74) is 18.0. The Bertz CT molecular complexity index is 3590. The monoisotopic (exact) mass is 1220 g/mol. The van der Waals surface area contributed by atoms with Gasteiger partial charge in [0.2, 0.25) is 35.4 Å². The minimum Gasteiger partial charge on any atom is -0.449 e. The van der Waals surface area contributed by atoms with Gasteiger partial charge in [0.05, 0.1) is 52.2 Å². The van der Waals surface area contributed by atoms with E-state index in [9.17, 15) is 38.7 Å². The number of rotatable bonds is 23. The fraction of sp³-hybridized carbons (Fsp3) is 0.429. The van der Waals surface area contributed by atoms with Gasteiger partial charge in [0, 0.05) is 38.1 Å². The van der Waals surface area contributed by atoms with Gasteiger partial charge < -0.3 is 46.5 Å². The Morgan fingerprint density at radius 1 is 0.820 bits per heavy atom. The average Bonchev–Trinajstić information content (AvgIpc) is 1.65. The number of aromatic nitrogens is 1. The highest BCUT2D eigenvalue weighted by molar-refractivity contribution is 7.13. The Balaban J connectivity index is 0.646. The SMILES string of the molecule is Cc1ncsc1-c1ccc(C2(NC(=O)[C@@H]3C[C@@H](O)CN3C(=O)[C@@H](NC(=O)CCCCc3ccc(CO[C@H](C)[C@H](CCC(N)=O)NC(=O)[C@@H]4Cc5cccc6c5N4C(=O)[C@@H](NC(=O)OCC4c5ccccc5-c5ccccc54)CC6)cc3)C(C)(C)C)CC2)cc1. The molecule has 7 N–H and O–H groups in total. The van der Waals surface area contributed by atoms with E-state index in [1.807, 2.05) is 143 Å². The number of unbranched alkanes of at least 4 members (excludes halogenated alkanes) is 1. The highest BCUT2D eigenvalue weighted by atomic mass is 32.1. The molecule has 7 atom stereocenters. The topological polar surface area (TPSA) is 252 Å². The van der Waals surface area contributed by atoms with Crippen molar-refractivity contribution in [3.63, 3.8) is 0 Å². The highest BCUT2D eigenvalue weighted by Crippen LogP contribution is 2.47. The lowest BCUT2D eigenvalue weighted by Gasteiger charge is -2.35. The Morgan fingerprint density at radius 3 is 2.17 bits per heavy atom. The molecular formula is C70H80N8O10S. The number of amides is 7. The molecule has 11 rings (SSSR count). The van der Waals surface area contributed by atoms with Crippen molar-refractivity contribution in [2.24, 2.45) is 11.1 Å². The number of anilines is 1. The van der Waals surface area contributed by atoms with Crippen LogP contribution in [0.4, 0.5) is 10.5 Å². The Morgan fingerprint density at radius 2 is 1.51 bits per heavy atom. The van der Waals surface area contributed by atoms with Crippen molar-refractivity contribution < 1.29 is 48.1 Å². The van der Waals surface area contributed by atoms with Gasteiger partial charge >= 0.3 is 6.09 Å². The number of aryl methyl sites for hydroxylation is 3. The van der Waals surface area contributed by atoms with Crippen LogP contribution in [0.2, 0.25) is 0 Å². The van der Waals surface area contributed by atoms with Crippen molar-refractivity contribution in [2.45, 2.75) is 172 Å². The van der Waals surface area contributed by atoms with Crippen LogP contribution < -0.4 is 31.9 Å². The zero-order chi connectivity index (χ0) is 62.7. The molecule has 2 aliphatic carbocycles. The summed E-state index contributed by atoms with van der Waals surface area (Å²) in [4.78, 5) is 105. The number of ether oxygens (including phenoxy) is 2. The Labute approximate surface area is 523 Å². The number of alkyl carbamates (subject to hydrolysis) is 1. The zero-order valence-corrected chi connectivity index (χ0v) is 52.0. The summed E-state index contributed by atoms with van der Waals surface area (Å²) in [5.74, 6) is -2.51. The first-order chi connectivity index (χ1) is 42.7. The van der Waals surface area contributed by atoms with Gasteiger partial charge in [-0.1, -0.05) is 136 Å². The van der Waals surface area contributed by atoms with Crippen LogP contribution in [0.5, 0.6) is 0 Å². The van der Waals surface area contributed by atoms with Crippen molar-refractivity contribution in [1.82, 2.24) is 31.2 Å². The second-order valence-corrected chi connectivity index (χ2v) is 26.6. The molecule has 466 valence electrons. The molecule has 0 spiro atoms. The number of nitrogens with one attached hydrogen (secondary N) is 4. The van der Waals surface area contributed by atoms with Crippen molar-refractivity contribution in [3.8, 4) is 21.6 Å². The third-order valence-corrected chi connectivity index (χ3v) is 19.4. The number of carbonyl (C=O) groups is 7. The highest BCUT2D eigenvalue weighted by Gasteiger charge is 2.51. The minimum atomic E-state index is -0.956. The predicted octanol–water partition coefficient (Wildman–Crippen LogP) is 8.60. The summed E-state index contributed by atoms with van der Waals surface area (Å²) in [6.07, 6.45) is 2.88. The van der Waals surface area contributed by atoms with Crippen LogP contribution in [0.15, 0.2) is 121 Å². The molecule has 6 aromatic rings. The molecular weight excluding hydrogens is 1140 g/mol. The molecule has 7 amide bonds. The normalized spacial score (nSPS) is 19.9. The van der Waals surface area contributed by atoms with Gasteiger partial charge in [0.1, 0.15) is 30.8 Å². The van der Waals surface area contributed by atoms with Gasteiger partial charge in [-0.15, -0.1) is 11.3 Å². The van der Waals surface area contributed by atoms with E-state index in [2.05, 4.69) is 38.4 Å². The lowest BCUT2D eigenvalue weighted by molar-refractivity contribution is -0.144. The number of thiazole rings is 1. The van der Waals surface area contributed by atoms with Crippen molar-refractivity contribution >= 4 is 58.6 Å². The summed E-state index contributed by atoms with van der Waals surface area (Å²) in [6, 6.07) is 33.7. The maximum Gasteiger partial charge on any atom is 0.407 e. The molecule has 4 heterocycles. The smallest absolute Gasteiger partial charge is 0.407 e. The first kappa shape index (κ1) is 62.4. The summed E-state index contributed by atoms with van der Waals surface area (Å²) >= 11 is 1.58. The maximum atomic E-state index is 14.6. The maximum absolute atomic E-state index is 14.6. The van der Waals surface area contributed by atoms with Crippen molar-refractivity contribution in [2.75, 3.05) is 18.1 Å². The number of nitrogens with two attached hydrogens (primary N) is 1. The number of likely N-dealkylation sites (tertiary alicyclic amines) is 1. The zero-order valence-electron chi connectivity index (χ0n) is 51.2. The van der Waals surface area contributed by atoms with Crippen LogP contribution in [0.1, 0.15) is 136 Å². The van der Waals surface area contributed by atoms with E-state index in [0.717, 1.165) is 79.0 Å². The predicted molar refractivity (Wildman–Crippen MR) is 339 cm³/mol. The summed E-state index contributed by atoms with van der Waals surface area (Å²) in [7, 11) is 0. The number of primary amides is 1. The van der Waals surface area contributed by atoms with Gasteiger partial charge in [-0.05, 0) is 126 Å². The molecule has 5 aromatic carbocycles. The summed E-state index contributed by atoms with van der Waals surface area (Å²) in [5, 5.41) is 23.0. The quantitative estimate of drug-likeness (QED) is 0.0331. The number of aliphatic hydroxyl groups excluding tert-OH is 1. The molecule has 5 aliphatic rings. The molecule has 1 saturated carbocycles. The third-order valence-electron chi connectivity index (χ3n) is 18.4. The lowest BCUT2D eigenvalue weighted by atomic mass is 9.85. The second-order valence-electron chi connectivity index (χ2n) is 25.8. The van der Waals surface area contributed by atoms with E-state index in [1.165, 1.54) is 9.80 Å². The van der Waals surface area contributed by atoms with E-state index in [4.69, 9.17) is 15.2 Å². The molecule has 0 radical (unpaired) electrons. The summed E-state index contributed by atoms with van der Waals surface area (Å²) in [6.45, 7) is 9.72. The molecule has 19 heteroatoms. The van der Waals surface area contributed by atoms with E-state index < -0.39 is 83.1 Å². The van der Waals surface area contributed by atoms with Gasteiger partial charge in [-0.3, -0.25) is 33.7 Å². The van der Waals surface area contributed by atoms with E-state index >= 15 is 0 Å². The molecule has 89 heavy (non-hydrogen) atoms. The van der Waals surface area contributed by atoms with E-state index in [0.29, 0.717) is 37.8 Å². The van der Waals surface area contributed by atoms with Crippen LogP contribution in [0, 0.1) is 12.3 Å². The number of hydrogen-bond donors (Lipinski definition) is 6. The molecule has 0 bridgehead atoms. The standard InChI is InChI=1S/C70H80N8O10S/c1-41-62(89-40-72-41)46-25-28-48(29-26-46)70(33-34-70)76-65(83)57-36-49(79)37-77(57)67(85)63(69(3,4)5)75-60(81)20-11-6-13-43-21-23-44(24-22-43)38-87-42(2)55(31-32-59(71)80)73-64(82)58-35-47-15-12-14-45-27-30-56(66(84)78(58)61(45)47)74-68(86)88-39-54-52-18-9-7-16-50(52)51-17-8-10-19-53(51)54/h7-10,12,14-19,21-26,28-29,40,42,49,54-58,63,79H,6,11,13,20,27,30-39H2,1-5H3,(H2,71,80)(H,73,82)(H,74,86)(H,75,81)(H,76,83)/t42-,49-,55+,56+,57+,58+,63-/m1/s1. The van der Waals surface area contributed by atoms with E-state index in [-0.39, 0.29) is 69.6 Å². The first-order valence-electron chi connectivity index (χ1n) is 31.2. The molecule has 2 fully saturated rings. The van der Waals surface area contributed by atoms with Gasteiger partial charge in [-0.25, -0.2) is 9.78 Å². The molecule has 1 aromatic heterocycles. The number of para-hydroxylation sites is 1. The molecule has 3 aliphatic heterocycles. The van der Waals surface area contributed by atoms with Crippen LogP contribution in [-0.2, 0) is 69.6 Å². The Kier molecular flexibility index (Phi) is 18.5. The number of β-amino-alcohol motifs (C(OH)–C–C–N with tert-alkyl or cyclic N) is 1. The number of nitrogens with zero attached hydrogens (tertiary/aromatic N) is 3. The number of fused-ring (bicyclic) bond motifs is 3.